The fourth-order valence-corrected chi connectivity index (χ4v) is 4.21. The van der Waals surface area contributed by atoms with Gasteiger partial charge in [-0.25, -0.2) is 0 Å². The number of hydrogen-bond acceptors (Lipinski definition) is 5. The third-order valence-corrected chi connectivity index (χ3v) is 5.37. The summed E-state index contributed by atoms with van der Waals surface area (Å²) in [5.41, 5.74) is 0.601. The normalized spacial score (nSPS) is 17.5. The molecule has 0 saturated heterocycles. The largest absolute Gasteiger partial charge is 0.469 e. The van der Waals surface area contributed by atoms with Crippen molar-refractivity contribution in [2.24, 2.45) is 10.3 Å². The summed E-state index contributed by atoms with van der Waals surface area (Å²) in [6.45, 7) is 1.73. The molecule has 1 aliphatic heterocycles. The highest BCUT2D eigenvalue weighted by Gasteiger charge is 2.29. The lowest BCUT2D eigenvalue weighted by Crippen LogP contribution is -2.15. The fourth-order valence-electron chi connectivity index (χ4n) is 1.65. The van der Waals surface area contributed by atoms with Crippen LogP contribution >= 0.6 is 11.8 Å². The Hall–Kier alpha value is -1.34. The van der Waals surface area contributed by atoms with E-state index >= 15 is 0 Å². The zero-order valence-electron chi connectivity index (χ0n) is 10.5. The average molecular weight is 299 g/mol. The number of ether oxygens (including phenoxy) is 1. The Balaban J connectivity index is 2.17. The van der Waals surface area contributed by atoms with Crippen LogP contribution < -0.4 is 0 Å². The summed E-state index contributed by atoms with van der Waals surface area (Å²) in [5.74, 6) is -0.203. The van der Waals surface area contributed by atoms with Crippen LogP contribution in [0.5, 0.6) is 0 Å². The van der Waals surface area contributed by atoms with E-state index in [1.807, 2.05) is 0 Å². The molecule has 0 radical (unpaired) electrons. The summed E-state index contributed by atoms with van der Waals surface area (Å²) in [7, 11) is -2.25. The second-order valence-electron chi connectivity index (χ2n) is 4.10. The number of methoxy groups -OCH3 is 1. The molecule has 1 unspecified atom stereocenters. The number of carbonyl (C=O) groups is 1. The second kappa shape index (κ2) is 5.34. The van der Waals surface area contributed by atoms with E-state index in [0.717, 1.165) is 0 Å². The van der Waals surface area contributed by atoms with Crippen molar-refractivity contribution >= 4 is 32.8 Å². The predicted octanol–water partition coefficient (Wildman–Crippen LogP) is 1.68. The number of thioether (sulfide) groups is 1. The first kappa shape index (κ1) is 14.1. The number of esters is 1. The number of rotatable bonds is 3. The van der Waals surface area contributed by atoms with E-state index in [9.17, 15) is 13.2 Å². The van der Waals surface area contributed by atoms with E-state index in [-0.39, 0.29) is 16.8 Å². The monoisotopic (exact) mass is 299 g/mol. The van der Waals surface area contributed by atoms with Gasteiger partial charge in [0.2, 0.25) is 0 Å². The summed E-state index contributed by atoms with van der Waals surface area (Å²) in [4.78, 5) is 11.5. The zero-order chi connectivity index (χ0) is 14.0. The molecule has 0 aromatic heterocycles. The van der Waals surface area contributed by atoms with Crippen molar-refractivity contribution in [1.29, 1.82) is 0 Å². The highest BCUT2D eigenvalue weighted by molar-refractivity contribution is 8.15. The van der Waals surface area contributed by atoms with Crippen molar-refractivity contribution in [2.45, 2.75) is 11.8 Å². The Morgan fingerprint density at radius 2 is 2.11 bits per heavy atom. The lowest BCUT2D eigenvalue weighted by Gasteiger charge is -2.08. The number of carbonyl (C=O) groups excluding carboxylic acids is 1. The van der Waals surface area contributed by atoms with Crippen molar-refractivity contribution in [3.05, 3.63) is 29.8 Å². The number of fused-ring (bicyclic) bond motifs is 1. The lowest BCUT2D eigenvalue weighted by molar-refractivity contribution is -0.143. The summed E-state index contributed by atoms with van der Waals surface area (Å²) < 4.78 is 32.0. The maximum absolute atomic E-state index is 11.8. The van der Waals surface area contributed by atoms with E-state index in [0.29, 0.717) is 16.4 Å². The van der Waals surface area contributed by atoms with Crippen LogP contribution in [0.15, 0.2) is 33.6 Å². The molecule has 0 aliphatic carbocycles. The van der Waals surface area contributed by atoms with E-state index in [1.54, 1.807) is 25.1 Å². The van der Waals surface area contributed by atoms with Crippen LogP contribution in [0.25, 0.3) is 0 Å². The first-order chi connectivity index (χ1) is 8.95. The van der Waals surface area contributed by atoms with E-state index < -0.39 is 10.0 Å². The second-order valence-corrected chi connectivity index (χ2v) is 6.68. The molecule has 7 heteroatoms. The molecular weight excluding hydrogens is 286 g/mol. The standard InChI is InChI=1S/C12H13NO4S2/c1-8(12(14)17-2)7-18-11-9-5-3-4-6-10(9)19(15,16)13-11/h3-6,8H,7H2,1-2H3. The third kappa shape index (κ3) is 2.82. The van der Waals surface area contributed by atoms with Crippen molar-refractivity contribution in [3.63, 3.8) is 0 Å². The molecule has 1 aromatic carbocycles. The maximum atomic E-state index is 11.8. The molecule has 0 amide bonds. The average Bonchev–Trinajstić information content (AvgIpc) is 2.67. The smallest absolute Gasteiger partial charge is 0.309 e. The molecule has 5 nitrogen and oxygen atoms in total. The Labute approximate surface area is 116 Å². The SMILES string of the molecule is COC(=O)C(C)CSC1=NS(=O)(=O)c2ccccc21. The molecular formula is C12H13NO4S2. The summed E-state index contributed by atoms with van der Waals surface area (Å²) in [6, 6.07) is 6.68. The van der Waals surface area contributed by atoms with Gasteiger partial charge in [-0.1, -0.05) is 25.1 Å². The molecule has 0 N–H and O–H groups in total. The minimum Gasteiger partial charge on any atom is -0.469 e. The first-order valence-electron chi connectivity index (χ1n) is 5.60. The van der Waals surface area contributed by atoms with Crippen molar-refractivity contribution < 1.29 is 17.9 Å². The van der Waals surface area contributed by atoms with Crippen molar-refractivity contribution in [3.8, 4) is 0 Å². The van der Waals surface area contributed by atoms with E-state index in [2.05, 4.69) is 9.13 Å². The molecule has 1 atom stereocenters. The van der Waals surface area contributed by atoms with Gasteiger partial charge >= 0.3 is 5.97 Å². The molecule has 19 heavy (non-hydrogen) atoms. The molecule has 1 aromatic rings. The van der Waals surface area contributed by atoms with Gasteiger partial charge in [-0.05, 0) is 6.07 Å². The van der Waals surface area contributed by atoms with Gasteiger partial charge in [0.25, 0.3) is 10.0 Å². The van der Waals surface area contributed by atoms with Gasteiger partial charge in [0.05, 0.1) is 17.9 Å². The molecule has 1 aliphatic rings. The van der Waals surface area contributed by atoms with Crippen LogP contribution in [-0.2, 0) is 19.6 Å². The number of sulfonamides is 1. The van der Waals surface area contributed by atoms with Crippen LogP contribution in [0.1, 0.15) is 12.5 Å². The molecule has 1 heterocycles. The molecule has 102 valence electrons. The Morgan fingerprint density at radius 3 is 2.79 bits per heavy atom. The van der Waals surface area contributed by atoms with Crippen LogP contribution in [0.2, 0.25) is 0 Å². The van der Waals surface area contributed by atoms with Crippen molar-refractivity contribution in [1.82, 2.24) is 0 Å². The van der Waals surface area contributed by atoms with Gasteiger partial charge in [0, 0.05) is 11.3 Å². The fraction of sp³-hybridized carbons (Fsp3) is 0.333. The number of nitrogens with zero attached hydrogens (tertiary/aromatic N) is 1. The molecule has 0 fully saturated rings. The number of hydrogen-bond donors (Lipinski definition) is 0. The van der Waals surface area contributed by atoms with Gasteiger partial charge in [-0.2, -0.15) is 12.8 Å². The molecule has 0 saturated carbocycles. The highest BCUT2D eigenvalue weighted by Crippen LogP contribution is 2.31. The van der Waals surface area contributed by atoms with Crippen molar-refractivity contribution in [2.75, 3.05) is 12.9 Å². The summed E-state index contributed by atoms with van der Waals surface area (Å²) in [6.07, 6.45) is 0. The third-order valence-electron chi connectivity index (χ3n) is 2.67. The van der Waals surface area contributed by atoms with Gasteiger partial charge in [-0.3, -0.25) is 4.79 Å². The van der Waals surface area contributed by atoms with Crippen LogP contribution in [0.4, 0.5) is 0 Å². The molecule has 0 spiro atoms. The van der Waals surface area contributed by atoms with Crippen LogP contribution in [0, 0.1) is 5.92 Å². The summed E-state index contributed by atoms with van der Waals surface area (Å²) >= 11 is 1.25. The Morgan fingerprint density at radius 1 is 1.42 bits per heavy atom. The summed E-state index contributed by atoms with van der Waals surface area (Å²) in [5, 5.41) is 0.436. The predicted molar refractivity (Wildman–Crippen MR) is 73.8 cm³/mol. The number of benzene rings is 1. The minimum atomic E-state index is -3.58. The maximum Gasteiger partial charge on any atom is 0.309 e. The Bertz CT molecular complexity index is 637. The van der Waals surface area contributed by atoms with Gasteiger partial charge in [0.1, 0.15) is 5.04 Å². The van der Waals surface area contributed by atoms with Crippen LogP contribution in [-0.4, -0.2) is 32.3 Å². The molecule has 2 rings (SSSR count). The topological polar surface area (TPSA) is 72.8 Å². The first-order valence-corrected chi connectivity index (χ1v) is 8.03. The van der Waals surface area contributed by atoms with Gasteiger partial charge in [0.15, 0.2) is 0 Å². The highest BCUT2D eigenvalue weighted by atomic mass is 32.2. The quantitative estimate of drug-likeness (QED) is 0.794. The van der Waals surface area contributed by atoms with Gasteiger partial charge < -0.3 is 4.74 Å². The van der Waals surface area contributed by atoms with E-state index in [4.69, 9.17) is 0 Å². The van der Waals surface area contributed by atoms with E-state index in [1.165, 1.54) is 24.9 Å². The molecule has 0 bridgehead atoms. The lowest BCUT2D eigenvalue weighted by atomic mass is 10.2. The van der Waals surface area contributed by atoms with Crippen LogP contribution in [0.3, 0.4) is 0 Å². The van der Waals surface area contributed by atoms with Gasteiger partial charge in [-0.15, -0.1) is 11.8 Å². The minimum absolute atomic E-state index is 0.225. The Kier molecular flexibility index (Phi) is 3.96. The zero-order valence-corrected chi connectivity index (χ0v) is 12.1.